The van der Waals surface area contributed by atoms with Crippen molar-refractivity contribution in [2.24, 2.45) is 5.10 Å². The monoisotopic (exact) mass is 677 g/mol. The van der Waals surface area contributed by atoms with E-state index in [1.54, 1.807) is 18.2 Å². The van der Waals surface area contributed by atoms with Gasteiger partial charge in [0.25, 0.3) is 17.3 Å². The van der Waals surface area contributed by atoms with Gasteiger partial charge in [-0.25, -0.2) is 0 Å². The number of nitro benzene ring substituents is 2. The second-order valence-corrected chi connectivity index (χ2v) is 11.2. The standard InChI is InChI=1S/C22H19N7O13S2.Na.H/c1-41-17-8-15(28(31)32)19(43(35,36)37)10-13(17)26-24-21(22(30)23-12-6-4-3-5-7-12)25-27(26)14-11-20(44(38,39)40)16(29(33)34)9-18(14)42-2;;/h3-11H,1-2H3,(H,23,30)(H,24,25)(H,35,36,37)(H,38,39,40);;/q;+1;-1. The van der Waals surface area contributed by atoms with Crippen LogP contribution in [0.3, 0.4) is 0 Å². The van der Waals surface area contributed by atoms with E-state index in [0.717, 1.165) is 19.3 Å². The molecule has 0 bridgehead atoms. The average Bonchev–Trinajstić information content (AvgIpc) is 3.40. The molecule has 3 aromatic carbocycles. The quantitative estimate of drug-likeness (QED) is 0.0851. The van der Waals surface area contributed by atoms with Gasteiger partial charge in [0.05, 0.1) is 36.2 Å². The number of hydrogen-bond acceptors (Lipinski definition) is 15. The number of carbonyl (C=O) groups is 1. The molecule has 0 unspecified atom stereocenters. The number of anilines is 3. The van der Waals surface area contributed by atoms with Crippen molar-refractivity contribution in [2.45, 2.75) is 9.79 Å². The Balaban J connectivity index is 0.00000368. The van der Waals surface area contributed by atoms with Crippen LogP contribution >= 0.6 is 0 Å². The molecule has 0 radical (unpaired) electrons. The number of nitrogens with zero attached hydrogens (tertiary/aromatic N) is 5. The van der Waals surface area contributed by atoms with Crippen molar-refractivity contribution in [3.8, 4) is 11.5 Å². The Hall–Kier alpha value is -4.58. The molecule has 4 N–H and O–H groups in total. The Morgan fingerprint density at radius 2 is 1.36 bits per heavy atom. The fourth-order valence-electron chi connectivity index (χ4n) is 3.87. The van der Waals surface area contributed by atoms with Crippen molar-refractivity contribution in [3.05, 3.63) is 74.8 Å². The number of amides is 1. The van der Waals surface area contributed by atoms with E-state index in [-0.39, 0.29) is 31.0 Å². The van der Waals surface area contributed by atoms with Gasteiger partial charge in [0, 0.05) is 5.69 Å². The molecular formula is C22H20N7NaO13S2. The summed E-state index contributed by atoms with van der Waals surface area (Å²) in [6.45, 7) is 0. The number of hydrogen-bond donors (Lipinski definition) is 4. The first kappa shape index (κ1) is 34.9. The van der Waals surface area contributed by atoms with Crippen LogP contribution in [0.5, 0.6) is 11.5 Å². The Labute approximate surface area is 276 Å². The topological polar surface area (TPSA) is 273 Å². The number of amidine groups is 1. The summed E-state index contributed by atoms with van der Waals surface area (Å²) in [5.41, 5.74) is -0.354. The van der Waals surface area contributed by atoms with Crippen molar-refractivity contribution in [3.63, 3.8) is 0 Å². The van der Waals surface area contributed by atoms with Crippen LogP contribution in [-0.4, -0.2) is 61.8 Å². The third-order valence-electron chi connectivity index (χ3n) is 5.76. The predicted molar refractivity (Wildman–Crippen MR) is 151 cm³/mol. The molecule has 45 heavy (non-hydrogen) atoms. The molecule has 1 aliphatic rings. The summed E-state index contributed by atoms with van der Waals surface area (Å²) in [6, 6.07) is 10.4. The van der Waals surface area contributed by atoms with Crippen LogP contribution in [0, 0.1) is 20.2 Å². The zero-order chi connectivity index (χ0) is 32.6. The maximum Gasteiger partial charge on any atom is 1.00 e. The summed E-state index contributed by atoms with van der Waals surface area (Å²) < 4.78 is 78.2. The Morgan fingerprint density at radius 3 is 1.80 bits per heavy atom. The predicted octanol–water partition coefficient (Wildman–Crippen LogP) is -1.17. The van der Waals surface area contributed by atoms with Crippen molar-refractivity contribution in [2.75, 3.05) is 29.8 Å². The minimum Gasteiger partial charge on any atom is -1.00 e. The van der Waals surface area contributed by atoms with Gasteiger partial charge in [-0.05, 0) is 24.3 Å². The van der Waals surface area contributed by atoms with Gasteiger partial charge in [0.15, 0.2) is 21.3 Å². The van der Waals surface area contributed by atoms with Crippen LogP contribution in [0.4, 0.5) is 28.4 Å². The summed E-state index contributed by atoms with van der Waals surface area (Å²) in [5, 5.41) is 31.1. The van der Waals surface area contributed by atoms with Gasteiger partial charge in [-0.3, -0.25) is 39.6 Å². The van der Waals surface area contributed by atoms with E-state index in [9.17, 15) is 51.0 Å². The number of nitrogens with one attached hydrogen (secondary N) is 2. The average molecular weight is 678 g/mol. The van der Waals surface area contributed by atoms with Crippen LogP contribution in [0.15, 0.2) is 69.5 Å². The molecule has 23 heteroatoms. The van der Waals surface area contributed by atoms with Crippen molar-refractivity contribution in [1.29, 1.82) is 0 Å². The normalized spacial score (nSPS) is 12.8. The number of para-hydroxylation sites is 1. The number of rotatable bonds is 10. The van der Waals surface area contributed by atoms with Gasteiger partial charge in [-0.1, -0.05) is 18.2 Å². The minimum absolute atomic E-state index is 0. The largest absolute Gasteiger partial charge is 1.00 e. The van der Waals surface area contributed by atoms with E-state index in [4.69, 9.17) is 9.47 Å². The number of hydrazine groups is 2. The first-order chi connectivity index (χ1) is 20.6. The molecule has 234 valence electrons. The maximum absolute atomic E-state index is 13.1. The van der Waals surface area contributed by atoms with E-state index in [2.05, 4.69) is 15.8 Å². The first-order valence-corrected chi connectivity index (χ1v) is 14.4. The van der Waals surface area contributed by atoms with Crippen molar-refractivity contribution in [1.82, 2.24) is 5.43 Å². The Bertz CT molecular complexity index is 1950. The number of carbonyl (C=O) groups excluding carboxylic acids is 1. The van der Waals surface area contributed by atoms with Crippen LogP contribution in [0.25, 0.3) is 0 Å². The molecular weight excluding hydrogens is 657 g/mol. The van der Waals surface area contributed by atoms with Gasteiger partial charge in [-0.2, -0.15) is 22.0 Å². The van der Waals surface area contributed by atoms with E-state index in [1.165, 1.54) is 12.1 Å². The third kappa shape index (κ3) is 7.22. The number of benzene rings is 3. The molecule has 1 heterocycles. The Kier molecular flexibility index (Phi) is 10.2. The summed E-state index contributed by atoms with van der Waals surface area (Å²) in [4.78, 5) is 31.6. The molecule has 0 saturated carbocycles. The van der Waals surface area contributed by atoms with E-state index in [1.807, 2.05) is 0 Å². The van der Waals surface area contributed by atoms with Crippen LogP contribution < -0.4 is 60.0 Å². The smallest absolute Gasteiger partial charge is 1.00 e. The number of hydrazone groups is 1. The second-order valence-electron chi connectivity index (χ2n) is 8.43. The molecule has 0 aromatic heterocycles. The molecule has 20 nitrogen and oxygen atoms in total. The molecule has 1 aliphatic heterocycles. The van der Waals surface area contributed by atoms with E-state index < -0.39 is 85.9 Å². The molecule has 0 fully saturated rings. The summed E-state index contributed by atoms with van der Waals surface area (Å²) in [6.07, 6.45) is 0. The fraction of sp³-hybridized carbons (Fsp3) is 0.0909. The van der Waals surface area contributed by atoms with Gasteiger partial charge in [0.1, 0.15) is 11.4 Å². The van der Waals surface area contributed by atoms with Crippen molar-refractivity contribution < 1.29 is 81.0 Å². The van der Waals surface area contributed by atoms with Crippen LogP contribution in [0.2, 0.25) is 0 Å². The molecule has 0 saturated heterocycles. The van der Waals surface area contributed by atoms with E-state index in [0.29, 0.717) is 35.1 Å². The SMILES string of the molecule is COc1cc([N+](=O)[O-])c(S(=O)(=O)O)cc1N1N=C(C(=O)Nc2ccccc2)NN1c1cc(S(=O)(=O)O)c([N+](=O)[O-])cc1OC.[H-].[Na+]. The fourth-order valence-corrected chi connectivity index (χ4v) is 5.18. The number of nitro groups is 2. The number of ether oxygens (including phenoxy) is 2. The second kappa shape index (κ2) is 13.2. The zero-order valence-corrected chi connectivity index (χ0v) is 26.8. The van der Waals surface area contributed by atoms with Crippen LogP contribution in [-0.2, 0) is 25.0 Å². The molecule has 1 amide bonds. The molecule has 0 atom stereocenters. The Morgan fingerprint density at radius 1 is 0.889 bits per heavy atom. The molecule has 0 aliphatic carbocycles. The van der Waals surface area contributed by atoms with Gasteiger partial charge < -0.3 is 16.2 Å². The first-order valence-electron chi connectivity index (χ1n) is 11.6. The van der Waals surface area contributed by atoms with Gasteiger partial charge in [0.2, 0.25) is 5.84 Å². The molecule has 4 rings (SSSR count). The minimum atomic E-state index is -5.26. The summed E-state index contributed by atoms with van der Waals surface area (Å²) in [7, 11) is -8.44. The van der Waals surface area contributed by atoms with Gasteiger partial charge in [-0.15, -0.1) is 10.2 Å². The molecule has 3 aromatic rings. The van der Waals surface area contributed by atoms with E-state index >= 15 is 0 Å². The summed E-state index contributed by atoms with van der Waals surface area (Å²) in [5.74, 6) is -2.36. The number of methoxy groups -OCH3 is 2. The van der Waals surface area contributed by atoms with Crippen molar-refractivity contribution >= 4 is 60.4 Å². The maximum atomic E-state index is 13.1. The van der Waals surface area contributed by atoms with Gasteiger partial charge >= 0.3 is 49.8 Å². The third-order valence-corrected chi connectivity index (χ3v) is 7.52. The zero-order valence-electron chi connectivity index (χ0n) is 24.1. The molecule has 0 spiro atoms. The van der Waals surface area contributed by atoms with Crippen LogP contribution in [0.1, 0.15) is 1.43 Å². The summed E-state index contributed by atoms with van der Waals surface area (Å²) >= 11 is 0.